The molecule has 1 saturated heterocycles. The van der Waals surface area contributed by atoms with Crippen LogP contribution in [-0.4, -0.2) is 50.3 Å². The third-order valence-electron chi connectivity index (χ3n) is 4.80. The first-order valence-corrected chi connectivity index (χ1v) is 8.44. The Bertz CT molecular complexity index is 235. The normalized spacial score (nSPS) is 27.6. The molecule has 0 bridgehead atoms. The summed E-state index contributed by atoms with van der Waals surface area (Å²) in [6, 6.07) is 0.925. The molecule has 19 heavy (non-hydrogen) atoms. The number of nitrogens with zero attached hydrogens (tertiary/aromatic N) is 1. The molecule has 2 rings (SSSR count). The van der Waals surface area contributed by atoms with Crippen LogP contribution in [0.15, 0.2) is 0 Å². The van der Waals surface area contributed by atoms with Gasteiger partial charge in [0.25, 0.3) is 0 Å². The van der Waals surface area contributed by atoms with E-state index in [0.717, 1.165) is 38.3 Å². The summed E-state index contributed by atoms with van der Waals surface area (Å²) in [5.41, 5.74) is 0. The fraction of sp³-hybridized carbons (Fsp3) is 1.00. The molecule has 1 aliphatic carbocycles. The summed E-state index contributed by atoms with van der Waals surface area (Å²) in [6.45, 7) is 8.76. The van der Waals surface area contributed by atoms with Gasteiger partial charge in [-0.3, -0.25) is 4.90 Å². The third kappa shape index (κ3) is 5.05. The number of unbranched alkanes of at least 4 members (excludes halogenated alkanes) is 1. The van der Waals surface area contributed by atoms with E-state index in [9.17, 15) is 0 Å². The quantitative estimate of drug-likeness (QED) is 0.651. The van der Waals surface area contributed by atoms with Crippen molar-refractivity contribution in [2.75, 3.05) is 39.4 Å². The van der Waals surface area contributed by atoms with Crippen LogP contribution in [0.2, 0.25) is 0 Å². The zero-order valence-corrected chi connectivity index (χ0v) is 12.7. The lowest BCUT2D eigenvalue weighted by molar-refractivity contribution is 0.143. The van der Waals surface area contributed by atoms with Gasteiger partial charge in [0.2, 0.25) is 0 Å². The fourth-order valence-corrected chi connectivity index (χ4v) is 3.73. The van der Waals surface area contributed by atoms with Crippen molar-refractivity contribution >= 4 is 0 Å². The highest BCUT2D eigenvalue weighted by molar-refractivity contribution is 4.89. The minimum absolute atomic E-state index is 0.852. The second-order valence-corrected chi connectivity index (χ2v) is 6.09. The lowest BCUT2D eigenvalue weighted by Gasteiger charge is -2.31. The van der Waals surface area contributed by atoms with Crippen LogP contribution >= 0.6 is 0 Å². The minimum atomic E-state index is 0.852. The molecule has 1 N–H and O–H groups in total. The van der Waals surface area contributed by atoms with E-state index in [1.165, 1.54) is 58.0 Å². The van der Waals surface area contributed by atoms with E-state index in [-0.39, 0.29) is 0 Å². The Morgan fingerprint density at radius 1 is 1.11 bits per heavy atom. The smallest absolute Gasteiger partial charge is 0.0466 e. The maximum absolute atomic E-state index is 5.34. The van der Waals surface area contributed by atoms with E-state index in [2.05, 4.69) is 17.1 Å². The first kappa shape index (κ1) is 15.3. The Balaban J connectivity index is 1.47. The molecule has 1 saturated carbocycles. The summed E-state index contributed by atoms with van der Waals surface area (Å²) in [5.74, 6) is 1.03. The molecule has 0 amide bonds. The van der Waals surface area contributed by atoms with E-state index >= 15 is 0 Å². The maximum Gasteiger partial charge on any atom is 0.0466 e. The number of hydrogen-bond acceptors (Lipinski definition) is 3. The molecule has 0 aromatic carbocycles. The number of ether oxygens (including phenoxy) is 1. The average Bonchev–Trinajstić information content (AvgIpc) is 2.85. The summed E-state index contributed by atoms with van der Waals surface area (Å²) in [5, 5.41) is 3.59. The van der Waals surface area contributed by atoms with Gasteiger partial charge in [0.05, 0.1) is 0 Å². The van der Waals surface area contributed by atoms with Gasteiger partial charge in [0.1, 0.15) is 0 Å². The SMILES string of the molecule is CCOCCCCNCCN1CCC2CCCCC21. The molecule has 2 unspecified atom stereocenters. The zero-order chi connectivity index (χ0) is 13.3. The van der Waals surface area contributed by atoms with Crippen LogP contribution in [-0.2, 0) is 4.74 Å². The molecule has 1 heterocycles. The Morgan fingerprint density at radius 2 is 2.00 bits per heavy atom. The van der Waals surface area contributed by atoms with Gasteiger partial charge in [-0.05, 0) is 58.0 Å². The van der Waals surface area contributed by atoms with Gasteiger partial charge >= 0.3 is 0 Å². The average molecular weight is 268 g/mol. The number of likely N-dealkylation sites (tertiary alicyclic amines) is 1. The van der Waals surface area contributed by atoms with Gasteiger partial charge in [-0.15, -0.1) is 0 Å². The topological polar surface area (TPSA) is 24.5 Å². The van der Waals surface area contributed by atoms with E-state index in [1.807, 2.05) is 0 Å². The zero-order valence-electron chi connectivity index (χ0n) is 12.7. The number of nitrogens with one attached hydrogen (secondary N) is 1. The summed E-state index contributed by atoms with van der Waals surface area (Å²) >= 11 is 0. The molecule has 2 fully saturated rings. The predicted molar refractivity (Wildman–Crippen MR) is 80.5 cm³/mol. The van der Waals surface area contributed by atoms with Crippen molar-refractivity contribution in [1.29, 1.82) is 0 Å². The van der Waals surface area contributed by atoms with Crippen LogP contribution in [0.1, 0.15) is 51.9 Å². The lowest BCUT2D eigenvalue weighted by Crippen LogP contribution is -2.39. The second kappa shape index (κ2) is 8.93. The third-order valence-corrected chi connectivity index (χ3v) is 4.80. The summed E-state index contributed by atoms with van der Waals surface area (Å²) in [4.78, 5) is 2.75. The highest BCUT2D eigenvalue weighted by Gasteiger charge is 2.34. The molecular weight excluding hydrogens is 236 g/mol. The molecule has 0 aromatic rings. The second-order valence-electron chi connectivity index (χ2n) is 6.09. The lowest BCUT2D eigenvalue weighted by atomic mass is 9.85. The Labute approximate surface area is 119 Å². The Morgan fingerprint density at radius 3 is 2.89 bits per heavy atom. The first-order valence-electron chi connectivity index (χ1n) is 8.44. The van der Waals surface area contributed by atoms with Gasteiger partial charge in [0.15, 0.2) is 0 Å². The van der Waals surface area contributed by atoms with Gasteiger partial charge in [-0.1, -0.05) is 12.8 Å². The molecule has 2 aliphatic rings. The van der Waals surface area contributed by atoms with Crippen LogP contribution in [0.3, 0.4) is 0 Å². The largest absolute Gasteiger partial charge is 0.382 e. The van der Waals surface area contributed by atoms with Crippen LogP contribution in [0.4, 0.5) is 0 Å². The molecule has 1 aliphatic heterocycles. The summed E-state index contributed by atoms with van der Waals surface area (Å²) in [6.07, 6.45) is 9.78. The fourth-order valence-electron chi connectivity index (χ4n) is 3.73. The number of rotatable bonds is 9. The monoisotopic (exact) mass is 268 g/mol. The highest BCUT2D eigenvalue weighted by Crippen LogP contribution is 2.35. The van der Waals surface area contributed by atoms with Crippen molar-refractivity contribution in [2.24, 2.45) is 5.92 Å². The molecule has 3 nitrogen and oxygen atoms in total. The van der Waals surface area contributed by atoms with Crippen LogP contribution in [0.5, 0.6) is 0 Å². The van der Waals surface area contributed by atoms with E-state index in [1.54, 1.807) is 0 Å². The molecule has 112 valence electrons. The van der Waals surface area contributed by atoms with Crippen LogP contribution < -0.4 is 5.32 Å². The molecule has 0 spiro atoms. The number of fused-ring (bicyclic) bond motifs is 1. The standard InChI is InChI=1S/C16H32N2O/c1-2-19-14-6-5-10-17-11-13-18-12-9-15-7-3-4-8-16(15)18/h15-17H,2-14H2,1H3. The predicted octanol–water partition coefficient (Wildman–Crippen LogP) is 2.66. The molecule has 0 radical (unpaired) electrons. The molecule has 2 atom stereocenters. The van der Waals surface area contributed by atoms with Gasteiger partial charge < -0.3 is 10.1 Å². The van der Waals surface area contributed by atoms with E-state index in [4.69, 9.17) is 4.74 Å². The van der Waals surface area contributed by atoms with Gasteiger partial charge in [-0.25, -0.2) is 0 Å². The van der Waals surface area contributed by atoms with Crippen molar-refractivity contribution in [2.45, 2.75) is 57.9 Å². The van der Waals surface area contributed by atoms with Gasteiger partial charge in [-0.2, -0.15) is 0 Å². The summed E-state index contributed by atoms with van der Waals surface area (Å²) in [7, 11) is 0. The van der Waals surface area contributed by atoms with Crippen molar-refractivity contribution in [3.63, 3.8) is 0 Å². The van der Waals surface area contributed by atoms with Crippen LogP contribution in [0.25, 0.3) is 0 Å². The Hall–Kier alpha value is -0.120. The molecular formula is C16H32N2O. The molecule has 0 aromatic heterocycles. The van der Waals surface area contributed by atoms with Crippen molar-refractivity contribution in [1.82, 2.24) is 10.2 Å². The van der Waals surface area contributed by atoms with Crippen molar-refractivity contribution < 1.29 is 4.74 Å². The minimum Gasteiger partial charge on any atom is -0.382 e. The Kier molecular flexibility index (Phi) is 7.18. The van der Waals surface area contributed by atoms with Crippen molar-refractivity contribution in [3.8, 4) is 0 Å². The van der Waals surface area contributed by atoms with Crippen LogP contribution in [0, 0.1) is 5.92 Å². The summed E-state index contributed by atoms with van der Waals surface area (Å²) < 4.78 is 5.34. The van der Waals surface area contributed by atoms with E-state index in [0.29, 0.717) is 0 Å². The van der Waals surface area contributed by atoms with Gasteiger partial charge in [0, 0.05) is 32.3 Å². The van der Waals surface area contributed by atoms with Crippen molar-refractivity contribution in [3.05, 3.63) is 0 Å². The highest BCUT2D eigenvalue weighted by atomic mass is 16.5. The maximum atomic E-state index is 5.34. The van der Waals surface area contributed by atoms with E-state index < -0.39 is 0 Å². The molecule has 3 heteroatoms. The first-order chi connectivity index (χ1) is 9.42. The number of hydrogen-bond donors (Lipinski definition) is 1.